The maximum absolute atomic E-state index is 5.21. The number of aryl methyl sites for hydroxylation is 2. The highest BCUT2D eigenvalue weighted by molar-refractivity contribution is 5.81. The number of hydrogen-bond acceptors (Lipinski definition) is 3. The van der Waals surface area contributed by atoms with Crippen molar-refractivity contribution in [2.45, 2.75) is 20.8 Å². The average Bonchev–Trinajstić information content (AvgIpc) is 3.15. The standard InChI is InChI=1S/C21H19N3O/c1-14-12-18(16(3)24(14)21-13-15(2)25-23-21)9-11-19-10-8-17-6-4-5-7-20(17)22-19/h4-13H,1-3H3/b11-9+. The summed E-state index contributed by atoms with van der Waals surface area (Å²) in [7, 11) is 0. The molecular weight excluding hydrogens is 310 g/mol. The minimum absolute atomic E-state index is 0.806. The van der Waals surface area contributed by atoms with Crippen molar-refractivity contribution in [3.05, 3.63) is 76.9 Å². The molecule has 4 nitrogen and oxygen atoms in total. The van der Waals surface area contributed by atoms with Crippen LogP contribution in [0, 0.1) is 20.8 Å². The molecular formula is C21H19N3O. The summed E-state index contributed by atoms with van der Waals surface area (Å²) in [4.78, 5) is 4.69. The van der Waals surface area contributed by atoms with Crippen LogP contribution in [-0.4, -0.2) is 14.7 Å². The van der Waals surface area contributed by atoms with E-state index in [0.29, 0.717) is 0 Å². The maximum atomic E-state index is 5.21. The lowest BCUT2D eigenvalue weighted by Gasteiger charge is -2.04. The van der Waals surface area contributed by atoms with Gasteiger partial charge in [-0.25, -0.2) is 4.98 Å². The van der Waals surface area contributed by atoms with Gasteiger partial charge in [-0.05, 0) is 50.6 Å². The van der Waals surface area contributed by atoms with Crippen LogP contribution in [0.1, 0.15) is 28.4 Å². The smallest absolute Gasteiger partial charge is 0.180 e. The Bertz CT molecular complexity index is 1090. The van der Waals surface area contributed by atoms with Crippen molar-refractivity contribution < 1.29 is 4.52 Å². The number of aromatic nitrogens is 3. The quantitative estimate of drug-likeness (QED) is 0.524. The summed E-state index contributed by atoms with van der Waals surface area (Å²) in [6, 6.07) is 16.4. The average molecular weight is 329 g/mol. The summed E-state index contributed by atoms with van der Waals surface area (Å²) in [5.41, 5.74) is 5.35. The summed E-state index contributed by atoms with van der Waals surface area (Å²) in [6.45, 7) is 6.06. The zero-order valence-corrected chi connectivity index (χ0v) is 14.5. The predicted molar refractivity (Wildman–Crippen MR) is 101 cm³/mol. The normalized spacial score (nSPS) is 11.6. The van der Waals surface area contributed by atoms with E-state index in [2.05, 4.69) is 52.8 Å². The van der Waals surface area contributed by atoms with Crippen molar-refractivity contribution >= 4 is 23.1 Å². The Morgan fingerprint density at radius 3 is 2.60 bits per heavy atom. The first-order chi connectivity index (χ1) is 12.1. The zero-order valence-electron chi connectivity index (χ0n) is 14.5. The molecule has 0 radical (unpaired) electrons. The SMILES string of the molecule is Cc1cc(-n2c(C)cc(/C=C/c3ccc4ccccc4n3)c2C)no1. The molecule has 0 atom stereocenters. The van der Waals surface area contributed by atoms with Crippen LogP contribution in [0.2, 0.25) is 0 Å². The van der Waals surface area contributed by atoms with Crippen LogP contribution in [0.25, 0.3) is 28.9 Å². The van der Waals surface area contributed by atoms with E-state index in [4.69, 9.17) is 4.52 Å². The maximum Gasteiger partial charge on any atom is 0.180 e. The third-order valence-electron chi connectivity index (χ3n) is 4.37. The molecule has 3 aromatic heterocycles. The lowest BCUT2D eigenvalue weighted by molar-refractivity contribution is 0.394. The summed E-state index contributed by atoms with van der Waals surface area (Å²) in [6.07, 6.45) is 4.15. The first-order valence-electron chi connectivity index (χ1n) is 8.28. The van der Waals surface area contributed by atoms with Gasteiger partial charge in [0.1, 0.15) is 5.76 Å². The van der Waals surface area contributed by atoms with Gasteiger partial charge in [0.25, 0.3) is 0 Å². The minimum atomic E-state index is 0.806. The van der Waals surface area contributed by atoms with E-state index in [1.54, 1.807) is 0 Å². The molecule has 0 unspecified atom stereocenters. The second kappa shape index (κ2) is 6.06. The summed E-state index contributed by atoms with van der Waals surface area (Å²) >= 11 is 0. The molecule has 0 aliphatic heterocycles. The van der Waals surface area contributed by atoms with Gasteiger partial charge in [0, 0.05) is 22.8 Å². The molecule has 0 spiro atoms. The number of nitrogens with zero attached hydrogens (tertiary/aromatic N) is 3. The molecule has 0 amide bonds. The number of rotatable bonds is 3. The zero-order chi connectivity index (χ0) is 17.4. The Kier molecular flexibility index (Phi) is 3.73. The van der Waals surface area contributed by atoms with Gasteiger partial charge in [-0.2, -0.15) is 0 Å². The third kappa shape index (κ3) is 2.87. The molecule has 4 heteroatoms. The number of pyridine rings is 1. The molecule has 0 aliphatic rings. The molecule has 3 heterocycles. The fourth-order valence-electron chi connectivity index (χ4n) is 3.12. The van der Waals surface area contributed by atoms with Gasteiger partial charge in [-0.1, -0.05) is 35.5 Å². The van der Waals surface area contributed by atoms with Crippen molar-refractivity contribution in [3.8, 4) is 5.82 Å². The van der Waals surface area contributed by atoms with Gasteiger partial charge in [0.05, 0.1) is 11.2 Å². The fraction of sp³-hybridized carbons (Fsp3) is 0.143. The van der Waals surface area contributed by atoms with Crippen molar-refractivity contribution in [2.24, 2.45) is 0 Å². The van der Waals surface area contributed by atoms with Crippen LogP contribution in [-0.2, 0) is 0 Å². The Labute approximate surface area is 146 Å². The molecule has 0 saturated carbocycles. The van der Waals surface area contributed by atoms with Crippen LogP contribution < -0.4 is 0 Å². The molecule has 0 N–H and O–H groups in total. The summed E-state index contributed by atoms with van der Waals surface area (Å²) < 4.78 is 7.31. The van der Waals surface area contributed by atoms with E-state index >= 15 is 0 Å². The minimum Gasteiger partial charge on any atom is -0.360 e. The molecule has 0 aliphatic carbocycles. The van der Waals surface area contributed by atoms with E-state index in [1.165, 1.54) is 0 Å². The highest BCUT2D eigenvalue weighted by Crippen LogP contribution is 2.22. The predicted octanol–water partition coefficient (Wildman–Crippen LogP) is 5.11. The molecule has 25 heavy (non-hydrogen) atoms. The van der Waals surface area contributed by atoms with E-state index in [0.717, 1.165) is 45.1 Å². The largest absolute Gasteiger partial charge is 0.360 e. The van der Waals surface area contributed by atoms with Gasteiger partial charge in [0.2, 0.25) is 0 Å². The van der Waals surface area contributed by atoms with Crippen molar-refractivity contribution in [1.82, 2.24) is 14.7 Å². The third-order valence-corrected chi connectivity index (χ3v) is 4.37. The number of hydrogen-bond donors (Lipinski definition) is 0. The molecule has 4 rings (SSSR count). The Hall–Kier alpha value is -3.14. The van der Waals surface area contributed by atoms with Crippen LogP contribution in [0.3, 0.4) is 0 Å². The van der Waals surface area contributed by atoms with Crippen LogP contribution in [0.15, 0.2) is 53.1 Å². The van der Waals surface area contributed by atoms with E-state index in [-0.39, 0.29) is 0 Å². The van der Waals surface area contributed by atoms with Crippen molar-refractivity contribution in [2.75, 3.05) is 0 Å². The number of benzene rings is 1. The molecule has 1 aromatic carbocycles. The monoisotopic (exact) mass is 329 g/mol. The van der Waals surface area contributed by atoms with Crippen molar-refractivity contribution in [1.29, 1.82) is 0 Å². The van der Waals surface area contributed by atoms with Crippen molar-refractivity contribution in [3.63, 3.8) is 0 Å². The van der Waals surface area contributed by atoms with Crippen LogP contribution in [0.5, 0.6) is 0 Å². The van der Waals surface area contributed by atoms with E-state index < -0.39 is 0 Å². The van der Waals surface area contributed by atoms with E-state index in [1.807, 2.05) is 43.3 Å². The van der Waals surface area contributed by atoms with Gasteiger partial charge >= 0.3 is 0 Å². The molecule has 0 bridgehead atoms. The summed E-state index contributed by atoms with van der Waals surface area (Å²) in [5.74, 6) is 1.62. The molecule has 124 valence electrons. The van der Waals surface area contributed by atoms with E-state index in [9.17, 15) is 0 Å². The fourth-order valence-corrected chi connectivity index (χ4v) is 3.12. The second-order valence-corrected chi connectivity index (χ2v) is 6.22. The lowest BCUT2D eigenvalue weighted by Crippen LogP contribution is -1.98. The second-order valence-electron chi connectivity index (χ2n) is 6.22. The molecule has 0 saturated heterocycles. The Morgan fingerprint density at radius 2 is 1.80 bits per heavy atom. The first kappa shape index (κ1) is 15.4. The highest BCUT2D eigenvalue weighted by Gasteiger charge is 2.12. The Morgan fingerprint density at radius 1 is 0.960 bits per heavy atom. The molecule has 4 aromatic rings. The van der Waals surface area contributed by atoms with Crippen LogP contribution >= 0.6 is 0 Å². The van der Waals surface area contributed by atoms with Gasteiger partial charge in [-0.15, -0.1) is 0 Å². The first-order valence-corrected chi connectivity index (χ1v) is 8.28. The topological polar surface area (TPSA) is 43.9 Å². The van der Waals surface area contributed by atoms with Crippen LogP contribution in [0.4, 0.5) is 0 Å². The number of fused-ring (bicyclic) bond motifs is 1. The lowest BCUT2D eigenvalue weighted by atomic mass is 10.1. The van der Waals surface area contributed by atoms with Gasteiger partial charge in [-0.3, -0.25) is 4.57 Å². The summed E-state index contributed by atoms with van der Waals surface area (Å²) in [5, 5.41) is 5.28. The van der Waals surface area contributed by atoms with Gasteiger partial charge in [0.15, 0.2) is 5.82 Å². The Balaban J connectivity index is 1.69. The molecule has 0 fully saturated rings. The highest BCUT2D eigenvalue weighted by atomic mass is 16.5. The number of para-hydroxylation sites is 1. The van der Waals surface area contributed by atoms with Gasteiger partial charge < -0.3 is 4.52 Å².